The monoisotopic (exact) mass is 394 g/mol. The summed E-state index contributed by atoms with van der Waals surface area (Å²) in [7, 11) is 0. The van der Waals surface area contributed by atoms with Crippen molar-refractivity contribution in [1.29, 1.82) is 0 Å². The maximum atomic E-state index is 2.56. The van der Waals surface area contributed by atoms with Crippen LogP contribution in [0.4, 0.5) is 0 Å². The Kier molecular flexibility index (Phi) is 9.43. The van der Waals surface area contributed by atoms with Gasteiger partial charge >= 0.3 is 0 Å². The lowest BCUT2D eigenvalue weighted by Crippen LogP contribution is -2.47. The Morgan fingerprint density at radius 1 is 0.393 bits per heavy atom. The molecule has 0 aromatic heterocycles. The quantitative estimate of drug-likeness (QED) is 0.327. The first kappa shape index (κ1) is 28.0. The van der Waals surface area contributed by atoms with Gasteiger partial charge in [-0.3, -0.25) is 0 Å². The van der Waals surface area contributed by atoms with E-state index in [4.69, 9.17) is 0 Å². The maximum Gasteiger partial charge on any atom is -0.0300 e. The van der Waals surface area contributed by atoms with Gasteiger partial charge in [0.15, 0.2) is 0 Å². The van der Waals surface area contributed by atoms with Crippen LogP contribution in [0, 0.1) is 57.2 Å². The van der Waals surface area contributed by atoms with Crippen molar-refractivity contribution in [2.24, 2.45) is 57.2 Å². The molecule has 0 aromatic carbocycles. The number of hydrogen-bond donors (Lipinski definition) is 0. The summed E-state index contributed by atoms with van der Waals surface area (Å²) in [5, 5.41) is 0. The van der Waals surface area contributed by atoms with Crippen molar-refractivity contribution in [2.75, 3.05) is 0 Å². The first-order valence-electron chi connectivity index (χ1n) is 12.2. The summed E-state index contributed by atoms with van der Waals surface area (Å²) >= 11 is 0. The van der Waals surface area contributed by atoms with Crippen LogP contribution in [0.2, 0.25) is 0 Å². The van der Waals surface area contributed by atoms with Crippen molar-refractivity contribution in [3.8, 4) is 0 Å². The molecule has 0 aliphatic carbocycles. The third-order valence-corrected chi connectivity index (χ3v) is 9.99. The van der Waals surface area contributed by atoms with Gasteiger partial charge in [-0.25, -0.2) is 0 Å². The van der Waals surface area contributed by atoms with Crippen molar-refractivity contribution in [2.45, 2.75) is 124 Å². The van der Waals surface area contributed by atoms with E-state index in [-0.39, 0.29) is 0 Å². The van der Waals surface area contributed by atoms with Gasteiger partial charge in [0.25, 0.3) is 0 Å². The topological polar surface area (TPSA) is 0 Å². The van der Waals surface area contributed by atoms with E-state index >= 15 is 0 Å². The summed E-state index contributed by atoms with van der Waals surface area (Å²) in [5.74, 6) is 4.24. The highest BCUT2D eigenvalue weighted by Crippen LogP contribution is 2.56. The largest absolute Gasteiger partial charge is 0.0623 e. The summed E-state index contributed by atoms with van der Waals surface area (Å²) in [5.41, 5.74) is 1.39. The highest BCUT2D eigenvalue weighted by molar-refractivity contribution is 4.98. The fourth-order valence-electron chi connectivity index (χ4n) is 4.31. The summed E-state index contributed by atoms with van der Waals surface area (Å²) in [4.78, 5) is 0. The van der Waals surface area contributed by atoms with E-state index < -0.39 is 0 Å². The minimum absolute atomic E-state index is 0.329. The molecule has 2 unspecified atom stereocenters. The average Bonchev–Trinajstić information content (AvgIpc) is 2.49. The van der Waals surface area contributed by atoms with Crippen LogP contribution < -0.4 is 0 Å². The zero-order valence-electron chi connectivity index (χ0n) is 22.9. The van der Waals surface area contributed by atoms with Crippen LogP contribution in [0.5, 0.6) is 0 Å². The molecule has 0 amide bonds. The molecule has 0 spiro atoms. The first-order chi connectivity index (χ1) is 12.2. The fraction of sp³-hybridized carbons (Fsp3) is 1.00. The predicted octanol–water partition coefficient (Wildman–Crippen LogP) is 9.73. The molecule has 170 valence electrons. The average molecular weight is 395 g/mol. The molecule has 0 aromatic rings. The van der Waals surface area contributed by atoms with Crippen molar-refractivity contribution in [3.63, 3.8) is 0 Å². The molecule has 0 fully saturated rings. The molecule has 2 atom stereocenters. The third kappa shape index (κ3) is 6.50. The molecule has 0 N–H and O–H groups in total. The summed E-state index contributed by atoms with van der Waals surface area (Å²) < 4.78 is 0. The molecule has 0 aliphatic heterocycles. The minimum Gasteiger partial charge on any atom is -0.0623 e. The molecule has 0 heteroatoms. The highest BCUT2D eigenvalue weighted by Gasteiger charge is 2.49. The number of rotatable bonds is 11. The van der Waals surface area contributed by atoms with E-state index in [0.29, 0.717) is 45.3 Å². The van der Waals surface area contributed by atoms with Crippen LogP contribution in [0.15, 0.2) is 0 Å². The van der Waals surface area contributed by atoms with Gasteiger partial charge in [-0.15, -0.1) is 0 Å². The second-order valence-corrected chi connectivity index (χ2v) is 13.9. The van der Waals surface area contributed by atoms with E-state index in [1.807, 2.05) is 0 Å². The first-order valence-corrected chi connectivity index (χ1v) is 12.2. The normalized spacial score (nSPS) is 17.1. The zero-order valence-corrected chi connectivity index (χ0v) is 22.9. The van der Waals surface area contributed by atoms with Gasteiger partial charge in [0, 0.05) is 0 Å². The smallest absolute Gasteiger partial charge is 0.0300 e. The SMILES string of the molecule is CC(C)C(C)(C)CC(C(CC(C)(C)C(C)C)C(C)(C)C(C)C)C(C)(C)C(C)C. The van der Waals surface area contributed by atoms with Crippen molar-refractivity contribution in [3.05, 3.63) is 0 Å². The Morgan fingerprint density at radius 3 is 0.750 bits per heavy atom. The molecule has 28 heavy (non-hydrogen) atoms. The second-order valence-electron chi connectivity index (χ2n) is 13.9. The van der Waals surface area contributed by atoms with Gasteiger partial charge in [-0.05, 0) is 70.0 Å². The minimum atomic E-state index is 0.329. The lowest BCUT2D eigenvalue weighted by molar-refractivity contribution is -0.0551. The Balaban J connectivity index is 6.52. The molecule has 0 saturated carbocycles. The van der Waals surface area contributed by atoms with E-state index in [9.17, 15) is 0 Å². The third-order valence-electron chi connectivity index (χ3n) is 9.99. The van der Waals surface area contributed by atoms with Gasteiger partial charge in [0.2, 0.25) is 0 Å². The Bertz CT molecular complexity index is 412. The van der Waals surface area contributed by atoms with Crippen molar-refractivity contribution < 1.29 is 0 Å². The van der Waals surface area contributed by atoms with Gasteiger partial charge in [-0.1, -0.05) is 111 Å². The van der Waals surface area contributed by atoms with Crippen LogP contribution in [0.1, 0.15) is 124 Å². The maximum absolute atomic E-state index is 2.56. The van der Waals surface area contributed by atoms with Crippen LogP contribution in [0.3, 0.4) is 0 Å². The molecule has 0 radical (unpaired) electrons. The highest BCUT2D eigenvalue weighted by atomic mass is 14.5. The van der Waals surface area contributed by atoms with Crippen LogP contribution in [-0.4, -0.2) is 0 Å². The molecular weight excluding hydrogens is 336 g/mol. The Morgan fingerprint density at radius 2 is 0.607 bits per heavy atom. The zero-order chi connectivity index (χ0) is 22.9. The molecule has 0 nitrogen and oxygen atoms in total. The van der Waals surface area contributed by atoms with E-state index in [1.165, 1.54) is 12.8 Å². The van der Waals surface area contributed by atoms with E-state index in [2.05, 4.69) is 111 Å². The van der Waals surface area contributed by atoms with Crippen LogP contribution >= 0.6 is 0 Å². The summed E-state index contributed by atoms with van der Waals surface area (Å²) in [6.07, 6.45) is 2.65. The van der Waals surface area contributed by atoms with Gasteiger partial charge in [0.1, 0.15) is 0 Å². The molecular formula is C28H58. The van der Waals surface area contributed by atoms with Gasteiger partial charge in [-0.2, -0.15) is 0 Å². The molecule has 0 rings (SSSR count). The van der Waals surface area contributed by atoms with Crippen molar-refractivity contribution in [1.82, 2.24) is 0 Å². The molecule has 0 saturated heterocycles. The van der Waals surface area contributed by atoms with Crippen LogP contribution in [0.25, 0.3) is 0 Å². The number of hydrogen-bond acceptors (Lipinski definition) is 0. The molecule has 0 heterocycles. The lowest BCUT2D eigenvalue weighted by Gasteiger charge is -2.54. The van der Waals surface area contributed by atoms with E-state index in [1.54, 1.807) is 0 Å². The Hall–Kier alpha value is 0. The summed E-state index contributed by atoms with van der Waals surface area (Å²) in [6, 6.07) is 0. The second kappa shape index (κ2) is 9.43. The van der Waals surface area contributed by atoms with Gasteiger partial charge < -0.3 is 0 Å². The standard InChI is InChI=1S/C28H58/c1-19(2)25(9,10)17-23(27(13,14)21(5)6)24(28(15,16)22(7)8)18-26(11,12)20(3)4/h19-24H,17-18H2,1-16H3. The van der Waals surface area contributed by atoms with Gasteiger partial charge in [0.05, 0.1) is 0 Å². The van der Waals surface area contributed by atoms with Crippen molar-refractivity contribution >= 4 is 0 Å². The predicted molar refractivity (Wildman–Crippen MR) is 131 cm³/mol. The van der Waals surface area contributed by atoms with Crippen LogP contribution in [-0.2, 0) is 0 Å². The fourth-order valence-corrected chi connectivity index (χ4v) is 4.31. The molecule has 0 bridgehead atoms. The molecule has 0 aliphatic rings. The lowest BCUT2D eigenvalue weighted by atomic mass is 9.51. The summed E-state index contributed by atoms with van der Waals surface area (Å²) in [6.45, 7) is 39.7. The Labute approximate surface area is 181 Å². The van der Waals surface area contributed by atoms with E-state index in [0.717, 1.165) is 11.8 Å².